The summed E-state index contributed by atoms with van der Waals surface area (Å²) >= 11 is 0. The van der Waals surface area contributed by atoms with Crippen LogP contribution in [0.5, 0.6) is 11.5 Å². The minimum Gasteiger partial charge on any atom is -0.493 e. The zero-order valence-electron chi connectivity index (χ0n) is 11.0. The van der Waals surface area contributed by atoms with Gasteiger partial charge >= 0.3 is 0 Å². The zero-order valence-corrected chi connectivity index (χ0v) is 11.0. The Labute approximate surface area is 103 Å². The monoisotopic (exact) mass is 235 g/mol. The lowest BCUT2D eigenvalue weighted by Gasteiger charge is -2.10. The molecule has 3 nitrogen and oxygen atoms in total. The number of hydrogen-bond acceptors (Lipinski definition) is 3. The van der Waals surface area contributed by atoms with Crippen LogP contribution in [0.4, 0.5) is 0 Å². The van der Waals surface area contributed by atoms with E-state index in [0.717, 1.165) is 17.1 Å². The van der Waals surface area contributed by atoms with Crippen LogP contribution in [0, 0.1) is 0 Å². The van der Waals surface area contributed by atoms with E-state index >= 15 is 0 Å². The van der Waals surface area contributed by atoms with Gasteiger partial charge < -0.3 is 14.8 Å². The molecule has 0 radical (unpaired) electrons. The Morgan fingerprint density at radius 3 is 2.71 bits per heavy atom. The van der Waals surface area contributed by atoms with Crippen LogP contribution in [-0.4, -0.2) is 26.8 Å². The molecule has 1 rings (SSSR count). The van der Waals surface area contributed by atoms with Gasteiger partial charge in [0.15, 0.2) is 11.5 Å². The summed E-state index contributed by atoms with van der Waals surface area (Å²) in [6.45, 7) is 4.70. The Hall–Kier alpha value is -1.48. The van der Waals surface area contributed by atoms with Gasteiger partial charge in [-0.25, -0.2) is 0 Å². The van der Waals surface area contributed by atoms with Crippen molar-refractivity contribution in [2.45, 2.75) is 19.9 Å². The third-order valence-corrected chi connectivity index (χ3v) is 2.52. The largest absolute Gasteiger partial charge is 0.493 e. The molecule has 1 unspecified atom stereocenters. The van der Waals surface area contributed by atoms with E-state index in [-0.39, 0.29) is 0 Å². The highest BCUT2D eigenvalue weighted by Gasteiger charge is 2.03. The van der Waals surface area contributed by atoms with Gasteiger partial charge in [-0.3, -0.25) is 0 Å². The van der Waals surface area contributed by atoms with Gasteiger partial charge in [0.1, 0.15) is 0 Å². The zero-order chi connectivity index (χ0) is 12.7. The van der Waals surface area contributed by atoms with Crippen molar-refractivity contribution in [1.29, 1.82) is 0 Å². The molecule has 0 aromatic heterocycles. The lowest BCUT2D eigenvalue weighted by atomic mass is 10.1. The highest BCUT2D eigenvalue weighted by molar-refractivity contribution is 5.56. The predicted molar refractivity (Wildman–Crippen MR) is 71.7 cm³/mol. The molecule has 0 saturated carbocycles. The summed E-state index contributed by atoms with van der Waals surface area (Å²) in [6, 6.07) is 6.29. The maximum atomic E-state index is 5.47. The SMILES string of the molecule is CCOc1ccc(/C=C/C(C)NC)cc1OC. The molecule has 0 aliphatic carbocycles. The Morgan fingerprint density at radius 2 is 2.12 bits per heavy atom. The van der Waals surface area contributed by atoms with Crippen LogP contribution in [-0.2, 0) is 0 Å². The van der Waals surface area contributed by atoms with Gasteiger partial charge in [-0.05, 0) is 38.6 Å². The van der Waals surface area contributed by atoms with E-state index in [2.05, 4.69) is 24.4 Å². The van der Waals surface area contributed by atoms with Crippen LogP contribution in [0.25, 0.3) is 6.08 Å². The molecular weight excluding hydrogens is 214 g/mol. The number of benzene rings is 1. The number of methoxy groups -OCH3 is 1. The first kappa shape index (κ1) is 13.6. The summed E-state index contributed by atoms with van der Waals surface area (Å²) in [5.74, 6) is 1.56. The van der Waals surface area contributed by atoms with Crippen molar-refractivity contribution in [2.75, 3.05) is 20.8 Å². The highest BCUT2D eigenvalue weighted by atomic mass is 16.5. The van der Waals surface area contributed by atoms with Crippen molar-refractivity contribution in [3.8, 4) is 11.5 Å². The fraction of sp³-hybridized carbons (Fsp3) is 0.429. The molecule has 0 saturated heterocycles. The molecule has 1 aromatic carbocycles. The summed E-state index contributed by atoms with van der Waals surface area (Å²) in [7, 11) is 3.59. The second kappa shape index (κ2) is 6.97. The molecule has 0 aliphatic heterocycles. The number of ether oxygens (including phenoxy) is 2. The van der Waals surface area contributed by atoms with Gasteiger partial charge in [-0.1, -0.05) is 18.2 Å². The van der Waals surface area contributed by atoms with E-state index < -0.39 is 0 Å². The third kappa shape index (κ3) is 4.11. The topological polar surface area (TPSA) is 30.5 Å². The van der Waals surface area contributed by atoms with Gasteiger partial charge in [-0.2, -0.15) is 0 Å². The number of rotatable bonds is 6. The summed E-state index contributed by atoms with van der Waals surface area (Å²) in [5.41, 5.74) is 1.10. The van der Waals surface area contributed by atoms with E-state index in [4.69, 9.17) is 9.47 Å². The smallest absolute Gasteiger partial charge is 0.161 e. The van der Waals surface area contributed by atoms with Crippen molar-refractivity contribution < 1.29 is 9.47 Å². The first-order valence-electron chi connectivity index (χ1n) is 5.87. The summed E-state index contributed by atoms with van der Waals surface area (Å²) < 4.78 is 10.8. The average molecular weight is 235 g/mol. The summed E-state index contributed by atoms with van der Waals surface area (Å²) in [4.78, 5) is 0. The maximum Gasteiger partial charge on any atom is 0.161 e. The van der Waals surface area contributed by atoms with Crippen molar-refractivity contribution >= 4 is 6.08 Å². The van der Waals surface area contributed by atoms with Crippen molar-refractivity contribution in [1.82, 2.24) is 5.32 Å². The quantitative estimate of drug-likeness (QED) is 0.822. The Bertz CT molecular complexity index is 374. The molecule has 0 aliphatic rings. The van der Waals surface area contributed by atoms with E-state index in [1.54, 1.807) is 7.11 Å². The fourth-order valence-electron chi connectivity index (χ4n) is 1.41. The van der Waals surface area contributed by atoms with Crippen molar-refractivity contribution in [3.63, 3.8) is 0 Å². The van der Waals surface area contributed by atoms with Gasteiger partial charge in [0.2, 0.25) is 0 Å². The Kier molecular flexibility index (Phi) is 5.57. The molecule has 1 atom stereocenters. The molecule has 3 heteroatoms. The highest BCUT2D eigenvalue weighted by Crippen LogP contribution is 2.28. The third-order valence-electron chi connectivity index (χ3n) is 2.52. The van der Waals surface area contributed by atoms with E-state index in [1.807, 2.05) is 32.2 Å². The van der Waals surface area contributed by atoms with Gasteiger partial charge in [0.25, 0.3) is 0 Å². The Balaban J connectivity index is 2.85. The number of hydrogen-bond donors (Lipinski definition) is 1. The first-order chi connectivity index (χ1) is 8.21. The molecule has 0 heterocycles. The minimum atomic E-state index is 0.354. The molecule has 94 valence electrons. The lowest BCUT2D eigenvalue weighted by Crippen LogP contribution is -2.17. The molecule has 0 amide bonds. The number of nitrogens with one attached hydrogen (secondary N) is 1. The lowest BCUT2D eigenvalue weighted by molar-refractivity contribution is 0.311. The minimum absolute atomic E-state index is 0.354. The fourth-order valence-corrected chi connectivity index (χ4v) is 1.41. The van der Waals surface area contributed by atoms with Crippen LogP contribution >= 0.6 is 0 Å². The van der Waals surface area contributed by atoms with Crippen molar-refractivity contribution in [3.05, 3.63) is 29.8 Å². The van der Waals surface area contributed by atoms with Crippen molar-refractivity contribution in [2.24, 2.45) is 0 Å². The maximum absolute atomic E-state index is 5.47. The molecule has 0 bridgehead atoms. The van der Waals surface area contributed by atoms with E-state index in [9.17, 15) is 0 Å². The van der Waals surface area contributed by atoms with Crippen LogP contribution in [0.15, 0.2) is 24.3 Å². The van der Waals surface area contributed by atoms with E-state index in [0.29, 0.717) is 12.6 Å². The van der Waals surface area contributed by atoms with Gasteiger partial charge in [0, 0.05) is 6.04 Å². The molecule has 0 fully saturated rings. The molecule has 1 aromatic rings. The summed E-state index contributed by atoms with van der Waals surface area (Å²) in [5, 5.41) is 3.15. The van der Waals surface area contributed by atoms with Crippen LogP contribution in [0.3, 0.4) is 0 Å². The first-order valence-corrected chi connectivity index (χ1v) is 5.87. The standard InChI is InChI=1S/C14H21NO2/c1-5-17-13-9-8-12(10-14(13)16-4)7-6-11(2)15-3/h6-11,15H,5H2,1-4H3/b7-6+. The molecular formula is C14H21NO2. The second-order valence-corrected chi connectivity index (χ2v) is 3.78. The number of likely N-dealkylation sites (N-methyl/N-ethyl adjacent to an activating group) is 1. The second-order valence-electron chi connectivity index (χ2n) is 3.78. The molecule has 17 heavy (non-hydrogen) atoms. The van der Waals surface area contributed by atoms with Crippen LogP contribution in [0.2, 0.25) is 0 Å². The average Bonchev–Trinajstić information content (AvgIpc) is 2.37. The molecule has 1 N–H and O–H groups in total. The van der Waals surface area contributed by atoms with Crippen LogP contribution in [0.1, 0.15) is 19.4 Å². The molecule has 0 spiro atoms. The summed E-state index contributed by atoms with van der Waals surface area (Å²) in [6.07, 6.45) is 4.18. The normalized spacial score (nSPS) is 12.7. The van der Waals surface area contributed by atoms with Gasteiger partial charge in [0.05, 0.1) is 13.7 Å². The van der Waals surface area contributed by atoms with Gasteiger partial charge in [-0.15, -0.1) is 0 Å². The van der Waals surface area contributed by atoms with E-state index in [1.165, 1.54) is 0 Å². The van der Waals surface area contributed by atoms with Crippen LogP contribution < -0.4 is 14.8 Å². The Morgan fingerprint density at radius 1 is 1.35 bits per heavy atom. The predicted octanol–water partition coefficient (Wildman–Crippen LogP) is 2.72.